The van der Waals surface area contributed by atoms with E-state index in [1.54, 1.807) is 0 Å². The quantitative estimate of drug-likeness (QED) is 0.883. The summed E-state index contributed by atoms with van der Waals surface area (Å²) < 4.78 is 5.05. The minimum absolute atomic E-state index is 0.109. The Kier molecular flexibility index (Phi) is 5.07. The highest BCUT2D eigenvalue weighted by Crippen LogP contribution is 2.19. The topological polar surface area (TPSA) is 46.5 Å². The van der Waals surface area contributed by atoms with E-state index in [1.807, 2.05) is 30.3 Å². The Hall–Kier alpha value is -1.49. The number of rotatable bonds is 4. The molecule has 3 nitrogen and oxygen atoms in total. The van der Waals surface area contributed by atoms with Crippen molar-refractivity contribution in [2.24, 2.45) is 0 Å². The van der Waals surface area contributed by atoms with Crippen LogP contribution in [0.2, 0.25) is 10.0 Å². The molecule has 0 saturated carbocycles. The number of carbonyl (C=O) groups is 1. The van der Waals surface area contributed by atoms with E-state index in [1.165, 1.54) is 18.2 Å². The monoisotopic (exact) mass is 308 g/mol. The summed E-state index contributed by atoms with van der Waals surface area (Å²) in [6.45, 7) is -1.27. The van der Waals surface area contributed by atoms with Crippen molar-refractivity contribution in [1.82, 2.24) is 0 Å². The molecule has 20 heavy (non-hydrogen) atoms. The van der Waals surface area contributed by atoms with Gasteiger partial charge in [0.2, 0.25) is 0 Å². The van der Waals surface area contributed by atoms with E-state index >= 15 is 0 Å². The smallest absolute Gasteiger partial charge is 0.455 e. The first kappa shape index (κ1) is 14.9. The molecular weight excluding hydrogens is 298 g/mol. The third-order valence-corrected chi connectivity index (χ3v) is 3.45. The van der Waals surface area contributed by atoms with Crippen LogP contribution in [-0.4, -0.2) is 17.8 Å². The van der Waals surface area contributed by atoms with Crippen LogP contribution in [0.3, 0.4) is 0 Å². The Labute approximate surface area is 127 Å². The van der Waals surface area contributed by atoms with Gasteiger partial charge in [0.1, 0.15) is 6.61 Å². The van der Waals surface area contributed by atoms with Gasteiger partial charge in [0.05, 0.1) is 10.0 Å². The van der Waals surface area contributed by atoms with Gasteiger partial charge in [0.15, 0.2) is 0 Å². The van der Waals surface area contributed by atoms with Crippen molar-refractivity contribution >= 4 is 41.4 Å². The van der Waals surface area contributed by atoms with Gasteiger partial charge in [-0.05, 0) is 23.2 Å². The normalized spacial score (nSPS) is 10.2. The van der Waals surface area contributed by atoms with Crippen molar-refractivity contribution < 1.29 is 14.6 Å². The molecule has 0 fully saturated rings. The molecule has 0 bridgehead atoms. The van der Waals surface area contributed by atoms with Crippen molar-refractivity contribution in [3.8, 4) is 0 Å². The number of hydrogen-bond donors (Lipinski definition) is 1. The molecule has 102 valence electrons. The lowest BCUT2D eigenvalue weighted by molar-refractivity contribution is 0.162. The maximum atomic E-state index is 11.8. The van der Waals surface area contributed by atoms with E-state index in [0.29, 0.717) is 10.5 Å². The van der Waals surface area contributed by atoms with Crippen LogP contribution >= 0.6 is 23.2 Å². The number of hydrogen-bond acceptors (Lipinski definition) is 3. The molecule has 0 radical (unpaired) electrons. The summed E-state index contributed by atoms with van der Waals surface area (Å²) in [5.74, 6) is -0.729. The molecule has 0 spiro atoms. The zero-order valence-electron chi connectivity index (χ0n) is 10.4. The third-order valence-electron chi connectivity index (χ3n) is 2.71. The lowest BCUT2D eigenvalue weighted by Gasteiger charge is -2.09. The summed E-state index contributed by atoms with van der Waals surface area (Å²) in [5, 5.41) is 10.5. The highest BCUT2D eigenvalue weighted by Gasteiger charge is 2.26. The van der Waals surface area contributed by atoms with Crippen LogP contribution in [-0.2, 0) is 11.3 Å². The molecule has 2 aromatic carbocycles. The fraction of sp³-hybridized carbons (Fsp3) is 0.0714. The fourth-order valence-electron chi connectivity index (χ4n) is 1.63. The predicted octanol–water partition coefficient (Wildman–Crippen LogP) is 3.10. The van der Waals surface area contributed by atoms with Crippen LogP contribution < -0.4 is 5.46 Å². The van der Waals surface area contributed by atoms with E-state index in [4.69, 9.17) is 27.9 Å². The summed E-state index contributed by atoms with van der Waals surface area (Å²) in [4.78, 5) is 11.8. The Morgan fingerprint density at radius 1 is 1.10 bits per heavy atom. The van der Waals surface area contributed by atoms with Gasteiger partial charge in [-0.25, -0.2) is 0 Å². The Balaban J connectivity index is 1.99. The molecule has 0 saturated heterocycles. The van der Waals surface area contributed by atoms with Crippen molar-refractivity contribution in [1.29, 1.82) is 0 Å². The Morgan fingerprint density at radius 2 is 1.80 bits per heavy atom. The first-order valence-electron chi connectivity index (χ1n) is 5.91. The van der Waals surface area contributed by atoms with Gasteiger partial charge < -0.3 is 9.76 Å². The Bertz CT molecular complexity index is 605. The molecule has 6 heteroatoms. The highest BCUT2D eigenvalue weighted by molar-refractivity contribution is 6.93. The lowest BCUT2D eigenvalue weighted by Crippen LogP contribution is -2.39. The molecule has 0 aliphatic heterocycles. The van der Waals surface area contributed by atoms with Gasteiger partial charge in [-0.15, -0.1) is 0 Å². The molecule has 0 aliphatic rings. The summed E-state index contributed by atoms with van der Waals surface area (Å²) in [5.41, 5.74) is 1.19. The number of benzene rings is 2. The number of halogens is 2. The van der Waals surface area contributed by atoms with Crippen LogP contribution in [0.5, 0.6) is 0 Å². The first-order valence-corrected chi connectivity index (χ1v) is 6.67. The van der Waals surface area contributed by atoms with Crippen molar-refractivity contribution in [2.75, 3.05) is 0 Å². The molecule has 0 heterocycles. The molecular formula is C14H11BCl2O3. The van der Waals surface area contributed by atoms with Crippen molar-refractivity contribution in [3.05, 3.63) is 64.1 Å². The van der Waals surface area contributed by atoms with Crippen LogP contribution in [0.25, 0.3) is 0 Å². The van der Waals surface area contributed by atoms with Crippen molar-refractivity contribution in [3.63, 3.8) is 0 Å². The molecule has 2 rings (SSSR count). The van der Waals surface area contributed by atoms with Gasteiger partial charge in [-0.1, -0.05) is 59.6 Å². The summed E-state index contributed by atoms with van der Waals surface area (Å²) >= 11 is 11.6. The van der Waals surface area contributed by atoms with Gasteiger partial charge in [0.25, 0.3) is 5.87 Å². The summed E-state index contributed by atoms with van der Waals surface area (Å²) in [6, 6.07) is 13.7. The average Bonchev–Trinajstić information content (AvgIpc) is 2.48. The number of ether oxygens (including phenoxy) is 1. The zero-order chi connectivity index (χ0) is 14.5. The Morgan fingerprint density at radius 3 is 2.45 bits per heavy atom. The first-order chi connectivity index (χ1) is 9.58. The van der Waals surface area contributed by atoms with Crippen molar-refractivity contribution in [2.45, 2.75) is 6.61 Å². The maximum Gasteiger partial charge on any atom is 0.455 e. The number of carbonyl (C=O) groups excluding carboxylic acids is 1. The zero-order valence-corrected chi connectivity index (χ0v) is 11.9. The van der Waals surface area contributed by atoms with E-state index in [-0.39, 0.29) is 11.6 Å². The fourth-order valence-corrected chi connectivity index (χ4v) is 1.93. The van der Waals surface area contributed by atoms with E-state index in [0.717, 1.165) is 5.56 Å². The highest BCUT2D eigenvalue weighted by atomic mass is 35.5. The SMILES string of the molecule is O=C(OCc1ccccc1)B(O)c1ccc(Cl)c(Cl)c1. The van der Waals surface area contributed by atoms with Gasteiger partial charge in [-0.3, -0.25) is 4.79 Å². The molecule has 0 atom stereocenters. The molecule has 0 unspecified atom stereocenters. The molecule has 0 amide bonds. The van der Waals surface area contributed by atoms with Gasteiger partial charge in [0, 0.05) is 0 Å². The molecule has 2 aromatic rings. The second-order valence-corrected chi connectivity index (χ2v) is 4.98. The van der Waals surface area contributed by atoms with Crippen LogP contribution in [0.4, 0.5) is 4.79 Å². The molecule has 1 N–H and O–H groups in total. The average molecular weight is 309 g/mol. The second-order valence-electron chi connectivity index (χ2n) is 4.17. The minimum atomic E-state index is -1.38. The predicted molar refractivity (Wildman–Crippen MR) is 80.7 cm³/mol. The second kappa shape index (κ2) is 6.79. The largest absolute Gasteiger partial charge is 0.466 e. The molecule has 0 aliphatic carbocycles. The summed E-state index contributed by atoms with van der Waals surface area (Å²) in [7, 11) is 0. The van der Waals surface area contributed by atoms with Gasteiger partial charge >= 0.3 is 6.92 Å². The third kappa shape index (κ3) is 3.76. The van der Waals surface area contributed by atoms with E-state index in [2.05, 4.69) is 0 Å². The summed E-state index contributed by atoms with van der Waals surface area (Å²) in [6.07, 6.45) is 0. The van der Waals surface area contributed by atoms with E-state index in [9.17, 15) is 9.82 Å². The lowest BCUT2D eigenvalue weighted by atomic mass is 9.62. The standard InChI is InChI=1S/C14H11BCl2O3/c16-12-7-6-11(8-13(12)17)15(19)14(18)20-9-10-4-2-1-3-5-10/h1-8,19H,9H2. The van der Waals surface area contributed by atoms with Crippen LogP contribution in [0.15, 0.2) is 48.5 Å². The van der Waals surface area contributed by atoms with Crippen LogP contribution in [0.1, 0.15) is 5.56 Å². The minimum Gasteiger partial charge on any atom is -0.466 e. The van der Waals surface area contributed by atoms with Gasteiger partial charge in [-0.2, -0.15) is 0 Å². The maximum absolute atomic E-state index is 11.8. The van der Waals surface area contributed by atoms with E-state index < -0.39 is 12.8 Å². The molecule has 0 aromatic heterocycles. The van der Waals surface area contributed by atoms with Crippen LogP contribution in [0, 0.1) is 0 Å².